The molecule has 0 bridgehead atoms. The fourth-order valence-electron chi connectivity index (χ4n) is 2.04. The predicted octanol–water partition coefficient (Wildman–Crippen LogP) is 3.44. The van der Waals surface area contributed by atoms with Crippen LogP contribution in [-0.2, 0) is 17.6 Å². The Hall–Kier alpha value is -1.96. The average Bonchev–Trinajstić information content (AvgIpc) is 2.42. The van der Waals surface area contributed by atoms with Gasteiger partial charge in [0.25, 0.3) is 0 Å². The summed E-state index contributed by atoms with van der Waals surface area (Å²) in [6.45, 7) is 4.17. The zero-order chi connectivity index (χ0) is 13.7. The first kappa shape index (κ1) is 13.5. The Morgan fingerprint density at radius 3 is 2.63 bits per heavy atom. The fourth-order valence-corrected chi connectivity index (χ4v) is 2.04. The number of pyridine rings is 1. The van der Waals surface area contributed by atoms with Gasteiger partial charge in [0.05, 0.1) is 0 Å². The van der Waals surface area contributed by atoms with E-state index in [2.05, 4.69) is 31.0 Å². The molecule has 0 fully saturated rings. The van der Waals surface area contributed by atoms with E-state index < -0.39 is 0 Å². The fraction of sp³-hybridized carbons (Fsp3) is 0.294. The van der Waals surface area contributed by atoms with E-state index in [4.69, 9.17) is 0 Å². The van der Waals surface area contributed by atoms with Crippen molar-refractivity contribution in [1.29, 1.82) is 0 Å². The minimum Gasteiger partial charge on any atom is -0.299 e. The smallest absolute Gasteiger partial charge is 0.137 e. The largest absolute Gasteiger partial charge is 0.299 e. The van der Waals surface area contributed by atoms with Crippen LogP contribution in [0.15, 0.2) is 42.6 Å². The molecule has 98 valence electrons. The highest BCUT2D eigenvalue weighted by molar-refractivity contribution is 5.81. The standard InChI is InChI=1S/C17H19NO/c1-13-6-7-15(11-14(13)2)12-17(19)9-8-16-5-3-4-10-18-16/h3-7,10-11H,8-9,12H2,1-2H3. The highest BCUT2D eigenvalue weighted by atomic mass is 16.1. The zero-order valence-corrected chi connectivity index (χ0v) is 11.5. The van der Waals surface area contributed by atoms with Gasteiger partial charge in [0.15, 0.2) is 0 Å². The summed E-state index contributed by atoms with van der Waals surface area (Å²) in [5.41, 5.74) is 4.60. The van der Waals surface area contributed by atoms with Gasteiger partial charge >= 0.3 is 0 Å². The lowest BCUT2D eigenvalue weighted by atomic mass is 10.0. The third-order valence-corrected chi connectivity index (χ3v) is 3.36. The summed E-state index contributed by atoms with van der Waals surface area (Å²) in [5, 5.41) is 0. The van der Waals surface area contributed by atoms with Gasteiger partial charge in [-0.1, -0.05) is 24.3 Å². The molecule has 0 saturated heterocycles. The van der Waals surface area contributed by atoms with Crippen LogP contribution in [0.2, 0.25) is 0 Å². The van der Waals surface area contributed by atoms with Gasteiger partial charge in [0.1, 0.15) is 5.78 Å². The molecule has 0 spiro atoms. The van der Waals surface area contributed by atoms with Crippen molar-refractivity contribution in [1.82, 2.24) is 4.98 Å². The van der Waals surface area contributed by atoms with Crippen molar-refractivity contribution < 1.29 is 4.79 Å². The molecule has 0 atom stereocenters. The molecule has 2 aromatic rings. The molecule has 1 heterocycles. The number of carbonyl (C=O) groups is 1. The van der Waals surface area contributed by atoms with Gasteiger partial charge in [0, 0.05) is 24.7 Å². The second-order valence-corrected chi connectivity index (χ2v) is 4.96. The average molecular weight is 253 g/mol. The summed E-state index contributed by atoms with van der Waals surface area (Å²) in [7, 11) is 0. The molecule has 2 heteroatoms. The quantitative estimate of drug-likeness (QED) is 0.817. The van der Waals surface area contributed by atoms with E-state index in [1.807, 2.05) is 24.3 Å². The van der Waals surface area contributed by atoms with Gasteiger partial charge < -0.3 is 0 Å². The van der Waals surface area contributed by atoms with Crippen LogP contribution in [-0.4, -0.2) is 10.8 Å². The number of carbonyl (C=O) groups excluding carboxylic acids is 1. The topological polar surface area (TPSA) is 30.0 Å². The minimum atomic E-state index is 0.272. The van der Waals surface area contributed by atoms with E-state index >= 15 is 0 Å². The molecule has 1 aromatic heterocycles. The lowest BCUT2D eigenvalue weighted by Gasteiger charge is -2.05. The maximum Gasteiger partial charge on any atom is 0.137 e. The van der Waals surface area contributed by atoms with Gasteiger partial charge in [0.2, 0.25) is 0 Å². The summed E-state index contributed by atoms with van der Waals surface area (Å²) < 4.78 is 0. The number of rotatable bonds is 5. The number of nitrogens with zero attached hydrogens (tertiary/aromatic N) is 1. The monoisotopic (exact) mass is 253 g/mol. The summed E-state index contributed by atoms with van der Waals surface area (Å²) >= 11 is 0. The molecule has 0 saturated carbocycles. The molecule has 0 unspecified atom stereocenters. The van der Waals surface area contributed by atoms with Gasteiger partial charge in [-0.25, -0.2) is 0 Å². The van der Waals surface area contributed by atoms with Gasteiger partial charge in [-0.15, -0.1) is 0 Å². The Labute approximate surface area is 114 Å². The van der Waals surface area contributed by atoms with E-state index in [1.54, 1.807) is 6.20 Å². The van der Waals surface area contributed by atoms with Crippen molar-refractivity contribution in [2.45, 2.75) is 33.1 Å². The van der Waals surface area contributed by atoms with Crippen molar-refractivity contribution >= 4 is 5.78 Å². The van der Waals surface area contributed by atoms with Crippen molar-refractivity contribution in [2.75, 3.05) is 0 Å². The van der Waals surface area contributed by atoms with Crippen LogP contribution < -0.4 is 0 Å². The zero-order valence-electron chi connectivity index (χ0n) is 11.5. The van der Waals surface area contributed by atoms with Gasteiger partial charge in [-0.2, -0.15) is 0 Å². The highest BCUT2D eigenvalue weighted by Gasteiger charge is 2.05. The van der Waals surface area contributed by atoms with Crippen molar-refractivity contribution in [2.24, 2.45) is 0 Å². The van der Waals surface area contributed by atoms with E-state index in [-0.39, 0.29) is 5.78 Å². The van der Waals surface area contributed by atoms with Crippen LogP contribution in [0.25, 0.3) is 0 Å². The van der Waals surface area contributed by atoms with Crippen LogP contribution in [0.5, 0.6) is 0 Å². The Morgan fingerprint density at radius 1 is 1.11 bits per heavy atom. The first-order valence-electron chi connectivity index (χ1n) is 6.63. The molecular weight excluding hydrogens is 234 g/mol. The number of Topliss-reactive ketones (excluding diaryl/α,β-unsaturated/α-hetero) is 1. The molecule has 0 radical (unpaired) electrons. The summed E-state index contributed by atoms with van der Waals surface area (Å²) in [6, 6.07) is 12.0. The molecule has 2 nitrogen and oxygen atoms in total. The lowest BCUT2D eigenvalue weighted by Crippen LogP contribution is -2.05. The summed E-state index contributed by atoms with van der Waals surface area (Å²) in [4.78, 5) is 16.2. The van der Waals surface area contributed by atoms with E-state index in [0.717, 1.165) is 17.7 Å². The number of aromatic nitrogens is 1. The van der Waals surface area contributed by atoms with Crippen LogP contribution in [0.4, 0.5) is 0 Å². The Morgan fingerprint density at radius 2 is 1.95 bits per heavy atom. The van der Waals surface area contributed by atoms with Crippen LogP contribution in [0.3, 0.4) is 0 Å². The maximum atomic E-state index is 12.0. The van der Waals surface area contributed by atoms with Crippen molar-refractivity contribution in [3.8, 4) is 0 Å². The first-order valence-corrected chi connectivity index (χ1v) is 6.63. The molecule has 19 heavy (non-hydrogen) atoms. The van der Waals surface area contributed by atoms with Gasteiger partial charge in [-0.05, 0) is 49.1 Å². The lowest BCUT2D eigenvalue weighted by molar-refractivity contribution is -0.118. The Bertz CT molecular complexity index is 561. The molecular formula is C17H19NO. The maximum absolute atomic E-state index is 12.0. The molecule has 0 aliphatic rings. The van der Waals surface area contributed by atoms with E-state index in [9.17, 15) is 4.79 Å². The second kappa shape index (κ2) is 6.28. The van der Waals surface area contributed by atoms with Crippen molar-refractivity contribution in [3.63, 3.8) is 0 Å². The summed E-state index contributed by atoms with van der Waals surface area (Å²) in [5.74, 6) is 0.272. The number of hydrogen-bond donors (Lipinski definition) is 0. The molecule has 0 amide bonds. The van der Waals surface area contributed by atoms with Crippen LogP contribution in [0.1, 0.15) is 28.8 Å². The van der Waals surface area contributed by atoms with Crippen molar-refractivity contribution in [3.05, 3.63) is 65.0 Å². The van der Waals surface area contributed by atoms with E-state index in [0.29, 0.717) is 12.8 Å². The minimum absolute atomic E-state index is 0.272. The number of benzene rings is 1. The SMILES string of the molecule is Cc1ccc(CC(=O)CCc2ccccn2)cc1C. The Kier molecular flexibility index (Phi) is 4.45. The molecule has 1 aromatic carbocycles. The molecule has 0 aliphatic heterocycles. The normalized spacial score (nSPS) is 10.4. The van der Waals surface area contributed by atoms with Crippen LogP contribution in [0, 0.1) is 13.8 Å². The van der Waals surface area contributed by atoms with E-state index in [1.165, 1.54) is 11.1 Å². The number of hydrogen-bond acceptors (Lipinski definition) is 2. The number of aryl methyl sites for hydroxylation is 3. The first-order chi connectivity index (χ1) is 9.15. The molecule has 0 N–H and O–H groups in total. The third kappa shape index (κ3) is 4.02. The van der Waals surface area contributed by atoms with Crippen LogP contribution >= 0.6 is 0 Å². The Balaban J connectivity index is 1.89. The second-order valence-electron chi connectivity index (χ2n) is 4.96. The third-order valence-electron chi connectivity index (χ3n) is 3.36. The highest BCUT2D eigenvalue weighted by Crippen LogP contribution is 2.11. The number of ketones is 1. The molecule has 0 aliphatic carbocycles. The molecule has 2 rings (SSSR count). The van der Waals surface area contributed by atoms with Gasteiger partial charge in [-0.3, -0.25) is 9.78 Å². The summed E-state index contributed by atoms with van der Waals surface area (Å²) in [6.07, 6.45) is 3.57. The predicted molar refractivity (Wildman–Crippen MR) is 77.2 cm³/mol.